The highest BCUT2D eigenvalue weighted by molar-refractivity contribution is 6.09. The molecule has 1 aromatic rings. The second kappa shape index (κ2) is 8.32. The molecule has 2 amide bonds. The van der Waals surface area contributed by atoms with Crippen molar-refractivity contribution in [3.8, 4) is 0 Å². The summed E-state index contributed by atoms with van der Waals surface area (Å²) < 4.78 is 0. The van der Waals surface area contributed by atoms with Crippen LogP contribution in [0.3, 0.4) is 0 Å². The molecular weight excluding hydrogens is 312 g/mol. The summed E-state index contributed by atoms with van der Waals surface area (Å²) in [5.74, 6) is -0.723. The standard InChI is InChI=1S/C21H28N2O2/c1-2-16-8-10-18(11-9-16)23-15-13-19(21(23)25)20(24)22-14-12-17-6-4-3-5-7-17/h6,8-11,19H,2-5,7,12-15H2,1H3,(H,22,24)/t19-/m0/s1. The molecule has 134 valence electrons. The van der Waals surface area contributed by atoms with Gasteiger partial charge in [0.25, 0.3) is 0 Å². The SMILES string of the molecule is CCc1ccc(N2CC[C@@H](C(=O)NCCC3=CCCCC3)C2=O)cc1. The number of hydrogen-bond acceptors (Lipinski definition) is 2. The van der Waals surface area contributed by atoms with E-state index < -0.39 is 5.92 Å². The largest absolute Gasteiger partial charge is 0.355 e. The Morgan fingerprint density at radius 2 is 2.04 bits per heavy atom. The van der Waals surface area contributed by atoms with Gasteiger partial charge < -0.3 is 10.2 Å². The highest BCUT2D eigenvalue weighted by Crippen LogP contribution is 2.26. The number of aryl methyl sites for hydroxylation is 1. The Morgan fingerprint density at radius 3 is 2.72 bits per heavy atom. The number of benzene rings is 1. The summed E-state index contributed by atoms with van der Waals surface area (Å²) in [6.45, 7) is 3.37. The van der Waals surface area contributed by atoms with Gasteiger partial charge in [0.05, 0.1) is 0 Å². The topological polar surface area (TPSA) is 49.4 Å². The van der Waals surface area contributed by atoms with Gasteiger partial charge in [-0.25, -0.2) is 0 Å². The fourth-order valence-electron chi connectivity index (χ4n) is 3.69. The van der Waals surface area contributed by atoms with Crippen molar-refractivity contribution in [2.24, 2.45) is 5.92 Å². The van der Waals surface area contributed by atoms with E-state index in [9.17, 15) is 9.59 Å². The first-order valence-electron chi connectivity index (χ1n) is 9.55. The number of carbonyl (C=O) groups is 2. The smallest absolute Gasteiger partial charge is 0.239 e. The van der Waals surface area contributed by atoms with Gasteiger partial charge in [0, 0.05) is 18.8 Å². The molecule has 1 aliphatic carbocycles. The van der Waals surface area contributed by atoms with Crippen molar-refractivity contribution < 1.29 is 9.59 Å². The van der Waals surface area contributed by atoms with Gasteiger partial charge >= 0.3 is 0 Å². The Bertz CT molecular complexity index is 648. The third-order valence-electron chi connectivity index (χ3n) is 5.31. The predicted octanol–water partition coefficient (Wildman–Crippen LogP) is 3.61. The van der Waals surface area contributed by atoms with Gasteiger partial charge in [-0.3, -0.25) is 9.59 Å². The lowest BCUT2D eigenvalue weighted by Crippen LogP contribution is -2.37. The van der Waals surface area contributed by atoms with Crippen molar-refractivity contribution in [2.45, 2.75) is 51.9 Å². The van der Waals surface area contributed by atoms with E-state index >= 15 is 0 Å². The maximum absolute atomic E-state index is 12.6. The molecule has 1 N–H and O–H groups in total. The van der Waals surface area contributed by atoms with Gasteiger partial charge in [-0.2, -0.15) is 0 Å². The highest BCUT2D eigenvalue weighted by atomic mass is 16.2. The van der Waals surface area contributed by atoms with Crippen LogP contribution in [-0.2, 0) is 16.0 Å². The number of amides is 2. The summed E-state index contributed by atoms with van der Waals surface area (Å²) in [6.07, 6.45) is 9.65. The maximum Gasteiger partial charge on any atom is 0.239 e. The number of allylic oxidation sites excluding steroid dienone is 1. The Morgan fingerprint density at radius 1 is 1.24 bits per heavy atom. The number of nitrogens with zero attached hydrogens (tertiary/aromatic N) is 1. The quantitative estimate of drug-likeness (QED) is 0.635. The van der Waals surface area contributed by atoms with E-state index in [4.69, 9.17) is 0 Å². The minimum absolute atomic E-state index is 0.0707. The summed E-state index contributed by atoms with van der Waals surface area (Å²) >= 11 is 0. The fraction of sp³-hybridized carbons (Fsp3) is 0.524. The minimum atomic E-state index is -0.536. The first-order valence-corrected chi connectivity index (χ1v) is 9.55. The molecule has 1 aliphatic heterocycles. The van der Waals surface area contributed by atoms with E-state index in [0.29, 0.717) is 19.5 Å². The summed E-state index contributed by atoms with van der Waals surface area (Å²) in [4.78, 5) is 26.8. The van der Waals surface area contributed by atoms with Crippen LogP contribution in [0.5, 0.6) is 0 Å². The third kappa shape index (κ3) is 4.30. The van der Waals surface area contributed by atoms with Crippen molar-refractivity contribution >= 4 is 17.5 Å². The van der Waals surface area contributed by atoms with Gasteiger partial charge in [-0.15, -0.1) is 0 Å². The second-order valence-corrected chi connectivity index (χ2v) is 7.00. The predicted molar refractivity (Wildman–Crippen MR) is 100 cm³/mol. The van der Waals surface area contributed by atoms with Crippen molar-refractivity contribution in [3.63, 3.8) is 0 Å². The lowest BCUT2D eigenvalue weighted by Gasteiger charge is -2.17. The first-order chi connectivity index (χ1) is 12.2. The van der Waals surface area contributed by atoms with Gasteiger partial charge in [-0.1, -0.05) is 30.7 Å². The Balaban J connectivity index is 1.51. The first kappa shape index (κ1) is 17.7. The van der Waals surface area contributed by atoms with Gasteiger partial charge in [0.1, 0.15) is 5.92 Å². The number of hydrogen-bond donors (Lipinski definition) is 1. The van der Waals surface area contributed by atoms with Crippen LogP contribution in [-0.4, -0.2) is 24.9 Å². The molecule has 1 heterocycles. The number of anilines is 1. The van der Waals surface area contributed by atoms with E-state index in [1.165, 1.54) is 24.0 Å². The van der Waals surface area contributed by atoms with E-state index in [2.05, 4.69) is 18.3 Å². The molecule has 0 spiro atoms. The van der Waals surface area contributed by atoms with Crippen LogP contribution in [0.15, 0.2) is 35.9 Å². The monoisotopic (exact) mass is 340 g/mol. The second-order valence-electron chi connectivity index (χ2n) is 7.00. The number of carbonyl (C=O) groups excluding carboxylic acids is 2. The lowest BCUT2D eigenvalue weighted by molar-refractivity contribution is -0.132. The zero-order chi connectivity index (χ0) is 17.6. The molecule has 0 radical (unpaired) electrons. The molecule has 1 fully saturated rings. The van der Waals surface area contributed by atoms with Crippen LogP contribution in [0.1, 0.15) is 51.0 Å². The number of rotatable bonds is 6. The molecule has 0 saturated carbocycles. The number of nitrogens with one attached hydrogen (secondary N) is 1. The summed E-state index contributed by atoms with van der Waals surface area (Å²) in [5.41, 5.74) is 3.59. The Labute approximate surface area is 150 Å². The molecule has 1 atom stereocenters. The van der Waals surface area contributed by atoms with E-state index in [1.54, 1.807) is 4.90 Å². The fourth-order valence-corrected chi connectivity index (χ4v) is 3.69. The van der Waals surface area contributed by atoms with Crippen molar-refractivity contribution in [3.05, 3.63) is 41.5 Å². The van der Waals surface area contributed by atoms with Crippen LogP contribution >= 0.6 is 0 Å². The van der Waals surface area contributed by atoms with Crippen molar-refractivity contribution in [1.82, 2.24) is 5.32 Å². The average Bonchev–Trinajstić information content (AvgIpc) is 3.04. The molecular formula is C21H28N2O2. The summed E-state index contributed by atoms with van der Waals surface area (Å²) in [5, 5.41) is 2.97. The molecule has 0 aromatic heterocycles. The molecule has 4 heteroatoms. The van der Waals surface area contributed by atoms with Crippen molar-refractivity contribution in [1.29, 1.82) is 0 Å². The minimum Gasteiger partial charge on any atom is -0.355 e. The van der Waals surface area contributed by atoms with Crippen molar-refractivity contribution in [2.75, 3.05) is 18.0 Å². The van der Waals surface area contributed by atoms with E-state index in [-0.39, 0.29) is 11.8 Å². The molecule has 1 aromatic carbocycles. The molecule has 0 unspecified atom stereocenters. The lowest BCUT2D eigenvalue weighted by atomic mass is 9.97. The average molecular weight is 340 g/mol. The normalized spacial score (nSPS) is 20.5. The Hall–Kier alpha value is -2.10. The van der Waals surface area contributed by atoms with Crippen LogP contribution < -0.4 is 10.2 Å². The molecule has 1 saturated heterocycles. The van der Waals surface area contributed by atoms with E-state index in [0.717, 1.165) is 31.4 Å². The Kier molecular flexibility index (Phi) is 5.90. The van der Waals surface area contributed by atoms with Crippen LogP contribution in [0, 0.1) is 5.92 Å². The molecule has 0 bridgehead atoms. The maximum atomic E-state index is 12.6. The molecule has 25 heavy (non-hydrogen) atoms. The van der Waals surface area contributed by atoms with Gasteiger partial charge in [0.15, 0.2) is 0 Å². The summed E-state index contributed by atoms with van der Waals surface area (Å²) in [6, 6.07) is 8.06. The zero-order valence-electron chi connectivity index (χ0n) is 15.1. The zero-order valence-corrected chi connectivity index (χ0v) is 15.1. The molecule has 2 aliphatic rings. The van der Waals surface area contributed by atoms with Crippen LogP contribution in [0.25, 0.3) is 0 Å². The van der Waals surface area contributed by atoms with E-state index in [1.807, 2.05) is 24.3 Å². The third-order valence-corrected chi connectivity index (χ3v) is 5.31. The van der Waals surface area contributed by atoms with Crippen LogP contribution in [0.4, 0.5) is 5.69 Å². The van der Waals surface area contributed by atoms with Gasteiger partial charge in [0.2, 0.25) is 11.8 Å². The molecule has 4 nitrogen and oxygen atoms in total. The molecule has 3 rings (SSSR count). The highest BCUT2D eigenvalue weighted by Gasteiger charge is 2.37. The van der Waals surface area contributed by atoms with Crippen LogP contribution in [0.2, 0.25) is 0 Å². The summed E-state index contributed by atoms with van der Waals surface area (Å²) in [7, 11) is 0. The van der Waals surface area contributed by atoms with Gasteiger partial charge in [-0.05, 0) is 62.6 Å².